The fourth-order valence-electron chi connectivity index (χ4n) is 3.64. The molecule has 1 fully saturated rings. The summed E-state index contributed by atoms with van der Waals surface area (Å²) in [7, 11) is 1.31. The first-order valence-corrected chi connectivity index (χ1v) is 10.0. The first-order chi connectivity index (χ1) is 13.3. The Balaban J connectivity index is 2.23. The first-order valence-electron chi connectivity index (χ1n) is 10.0. The lowest BCUT2D eigenvalue weighted by atomic mass is 9.83. The van der Waals surface area contributed by atoms with Gasteiger partial charge in [0, 0.05) is 36.9 Å². The van der Waals surface area contributed by atoms with Gasteiger partial charge in [0.05, 0.1) is 13.2 Å². The molecule has 1 saturated carbocycles. The van der Waals surface area contributed by atoms with Gasteiger partial charge in [0.1, 0.15) is 5.69 Å². The van der Waals surface area contributed by atoms with Crippen molar-refractivity contribution in [3.8, 4) is 0 Å². The van der Waals surface area contributed by atoms with Crippen LogP contribution in [0.25, 0.3) is 0 Å². The average Bonchev–Trinajstić information content (AvgIpc) is 2.92. The minimum absolute atomic E-state index is 0.0152. The summed E-state index contributed by atoms with van der Waals surface area (Å²) >= 11 is 0. The van der Waals surface area contributed by atoms with Gasteiger partial charge in [-0.3, -0.25) is 9.59 Å². The number of hydrogen-bond donors (Lipinski definition) is 1. The molecule has 0 unspecified atom stereocenters. The molecule has 2 rings (SSSR count). The minimum atomic E-state index is -0.603. The van der Waals surface area contributed by atoms with Crippen molar-refractivity contribution >= 4 is 17.7 Å². The molecule has 0 spiro atoms. The molecule has 1 aromatic rings. The summed E-state index contributed by atoms with van der Waals surface area (Å²) in [5.41, 5.74) is 1.92. The minimum Gasteiger partial charge on any atom is -0.464 e. The van der Waals surface area contributed by atoms with Crippen LogP contribution >= 0.6 is 0 Å². The van der Waals surface area contributed by atoms with E-state index in [4.69, 9.17) is 9.47 Å². The Bertz CT molecular complexity index is 721. The highest BCUT2D eigenvalue weighted by Crippen LogP contribution is 2.30. The second-order valence-electron chi connectivity index (χ2n) is 7.37. The SMILES string of the molecule is CCOCCCN(C(=O)C1CCC1)[C@H](C)C(=O)c1c(C)[nH]c(C(=O)OC)c1C. The Morgan fingerprint density at radius 3 is 2.46 bits per heavy atom. The molecule has 0 bridgehead atoms. The first kappa shape index (κ1) is 22.1. The van der Waals surface area contributed by atoms with Crippen molar-refractivity contribution in [1.82, 2.24) is 9.88 Å². The van der Waals surface area contributed by atoms with E-state index >= 15 is 0 Å². The van der Waals surface area contributed by atoms with E-state index in [0.29, 0.717) is 43.0 Å². The lowest BCUT2D eigenvalue weighted by Crippen LogP contribution is -2.48. The lowest BCUT2D eigenvalue weighted by Gasteiger charge is -2.35. The van der Waals surface area contributed by atoms with Gasteiger partial charge in [-0.2, -0.15) is 0 Å². The molecule has 1 N–H and O–H groups in total. The molecule has 0 radical (unpaired) electrons. The van der Waals surface area contributed by atoms with Gasteiger partial charge in [0.25, 0.3) is 0 Å². The lowest BCUT2D eigenvalue weighted by molar-refractivity contribution is -0.139. The Labute approximate surface area is 166 Å². The molecule has 156 valence electrons. The van der Waals surface area contributed by atoms with E-state index in [1.807, 2.05) is 6.92 Å². The third kappa shape index (κ3) is 4.63. The zero-order chi connectivity index (χ0) is 20.8. The maximum Gasteiger partial charge on any atom is 0.354 e. The largest absolute Gasteiger partial charge is 0.464 e. The number of amides is 1. The van der Waals surface area contributed by atoms with Gasteiger partial charge >= 0.3 is 5.97 Å². The number of aryl methyl sites for hydroxylation is 1. The maximum absolute atomic E-state index is 13.3. The molecule has 7 heteroatoms. The molecular formula is C21H32N2O5. The summed E-state index contributed by atoms with van der Waals surface area (Å²) in [6.07, 6.45) is 3.51. The molecule has 0 aromatic carbocycles. The van der Waals surface area contributed by atoms with E-state index in [9.17, 15) is 14.4 Å². The second-order valence-corrected chi connectivity index (χ2v) is 7.37. The van der Waals surface area contributed by atoms with E-state index < -0.39 is 12.0 Å². The fourth-order valence-corrected chi connectivity index (χ4v) is 3.64. The number of ketones is 1. The van der Waals surface area contributed by atoms with Crippen LogP contribution in [0.4, 0.5) is 0 Å². The fraction of sp³-hybridized carbons (Fsp3) is 0.667. The van der Waals surface area contributed by atoms with Crippen molar-refractivity contribution in [1.29, 1.82) is 0 Å². The smallest absolute Gasteiger partial charge is 0.354 e. The number of methoxy groups -OCH3 is 1. The number of esters is 1. The second kappa shape index (κ2) is 9.87. The summed E-state index contributed by atoms with van der Waals surface area (Å²) < 4.78 is 10.2. The van der Waals surface area contributed by atoms with Crippen molar-refractivity contribution in [2.24, 2.45) is 5.92 Å². The number of hydrogen-bond acceptors (Lipinski definition) is 5. The highest BCUT2D eigenvalue weighted by molar-refractivity contribution is 6.06. The van der Waals surface area contributed by atoms with E-state index in [1.165, 1.54) is 7.11 Å². The predicted octanol–water partition coefficient (Wildman–Crippen LogP) is 3.04. The molecule has 0 aliphatic heterocycles. The number of rotatable bonds is 10. The Kier molecular flexibility index (Phi) is 7.80. The normalized spacial score (nSPS) is 15.0. The molecule has 7 nitrogen and oxygen atoms in total. The van der Waals surface area contributed by atoms with Crippen molar-refractivity contribution in [2.45, 2.75) is 59.4 Å². The number of nitrogens with zero attached hydrogens (tertiary/aromatic N) is 1. The number of nitrogens with one attached hydrogen (secondary N) is 1. The molecule has 1 aromatic heterocycles. The third-order valence-electron chi connectivity index (χ3n) is 5.55. The molecule has 28 heavy (non-hydrogen) atoms. The summed E-state index contributed by atoms with van der Waals surface area (Å²) in [5, 5.41) is 0. The van der Waals surface area contributed by atoms with Gasteiger partial charge in [0.2, 0.25) is 5.91 Å². The number of Topliss-reactive ketones (excluding diaryl/α,β-unsaturated/α-hetero) is 1. The number of H-pyrrole nitrogens is 1. The number of carbonyl (C=O) groups is 3. The topological polar surface area (TPSA) is 88.7 Å². The van der Waals surface area contributed by atoms with E-state index in [2.05, 4.69) is 4.98 Å². The summed E-state index contributed by atoms with van der Waals surface area (Å²) in [4.78, 5) is 42.8. The third-order valence-corrected chi connectivity index (χ3v) is 5.55. The van der Waals surface area contributed by atoms with Gasteiger partial charge in [-0.25, -0.2) is 4.79 Å². The number of aromatic nitrogens is 1. The number of ether oxygens (including phenoxy) is 2. The van der Waals surface area contributed by atoms with Crippen LogP contribution in [0.5, 0.6) is 0 Å². The van der Waals surface area contributed by atoms with Crippen LogP contribution < -0.4 is 0 Å². The van der Waals surface area contributed by atoms with Crippen molar-refractivity contribution in [3.05, 3.63) is 22.5 Å². The van der Waals surface area contributed by atoms with Gasteiger partial charge in [0.15, 0.2) is 5.78 Å². The van der Waals surface area contributed by atoms with E-state index in [-0.39, 0.29) is 23.3 Å². The van der Waals surface area contributed by atoms with Crippen LogP contribution in [0.15, 0.2) is 0 Å². The molecule has 1 aliphatic carbocycles. The molecule has 1 atom stereocenters. The predicted molar refractivity (Wildman–Crippen MR) is 106 cm³/mol. The summed E-state index contributed by atoms with van der Waals surface area (Å²) in [5.74, 6) is -0.610. The van der Waals surface area contributed by atoms with Crippen LogP contribution in [-0.2, 0) is 14.3 Å². The monoisotopic (exact) mass is 392 g/mol. The van der Waals surface area contributed by atoms with Crippen molar-refractivity contribution in [2.75, 3.05) is 26.9 Å². The summed E-state index contributed by atoms with van der Waals surface area (Å²) in [6.45, 7) is 8.84. The molecule has 1 amide bonds. The van der Waals surface area contributed by atoms with Crippen LogP contribution in [0.1, 0.15) is 71.6 Å². The van der Waals surface area contributed by atoms with Crippen molar-refractivity contribution < 1.29 is 23.9 Å². The zero-order valence-corrected chi connectivity index (χ0v) is 17.6. The Hall–Kier alpha value is -2.15. The van der Waals surface area contributed by atoms with Crippen LogP contribution in [-0.4, -0.2) is 60.5 Å². The van der Waals surface area contributed by atoms with Crippen molar-refractivity contribution in [3.63, 3.8) is 0 Å². The Morgan fingerprint density at radius 1 is 1.25 bits per heavy atom. The van der Waals surface area contributed by atoms with Gasteiger partial charge in [-0.15, -0.1) is 0 Å². The van der Waals surface area contributed by atoms with Gasteiger partial charge in [-0.05, 0) is 52.5 Å². The number of aromatic amines is 1. The standard InChI is InChI=1S/C21H32N2O5/c1-6-28-12-8-11-23(20(25)16-9-7-10-16)15(4)19(24)17-13(2)18(21(26)27-5)22-14(17)3/h15-16,22H,6-12H2,1-5H3/t15-/m1/s1. The van der Waals surface area contributed by atoms with E-state index in [0.717, 1.165) is 19.3 Å². The highest BCUT2D eigenvalue weighted by Gasteiger charge is 2.35. The van der Waals surface area contributed by atoms with Crippen LogP contribution in [0.3, 0.4) is 0 Å². The molecular weight excluding hydrogens is 360 g/mol. The highest BCUT2D eigenvalue weighted by atomic mass is 16.5. The molecule has 1 heterocycles. The van der Waals surface area contributed by atoms with Gasteiger partial charge in [-0.1, -0.05) is 6.42 Å². The van der Waals surface area contributed by atoms with Gasteiger partial charge < -0.3 is 19.4 Å². The Morgan fingerprint density at radius 2 is 1.93 bits per heavy atom. The average molecular weight is 392 g/mol. The summed E-state index contributed by atoms with van der Waals surface area (Å²) in [6, 6.07) is -0.603. The quantitative estimate of drug-likeness (QED) is 0.376. The molecule has 0 saturated heterocycles. The van der Waals surface area contributed by atoms with Crippen LogP contribution in [0.2, 0.25) is 0 Å². The van der Waals surface area contributed by atoms with Crippen LogP contribution in [0, 0.1) is 19.8 Å². The van der Waals surface area contributed by atoms with E-state index in [1.54, 1.807) is 25.7 Å². The number of carbonyl (C=O) groups excluding carboxylic acids is 3. The maximum atomic E-state index is 13.3. The zero-order valence-electron chi connectivity index (χ0n) is 17.6. The molecule has 1 aliphatic rings.